The third-order valence-electron chi connectivity index (χ3n) is 6.24. The summed E-state index contributed by atoms with van der Waals surface area (Å²) >= 11 is 0. The topological polar surface area (TPSA) is 46.9 Å². The summed E-state index contributed by atoms with van der Waals surface area (Å²) in [6.07, 6.45) is 5.69. The molecule has 0 radical (unpaired) electrons. The van der Waals surface area contributed by atoms with E-state index < -0.39 is 0 Å². The van der Waals surface area contributed by atoms with Gasteiger partial charge in [0.05, 0.1) is 13.7 Å². The van der Waals surface area contributed by atoms with E-state index in [2.05, 4.69) is 51.8 Å². The number of aromatic nitrogens is 1. The molecule has 2 aromatic carbocycles. The van der Waals surface area contributed by atoms with E-state index in [4.69, 9.17) is 9.47 Å². The molecule has 168 valence electrons. The summed E-state index contributed by atoms with van der Waals surface area (Å²) < 4.78 is 13.6. The summed E-state index contributed by atoms with van der Waals surface area (Å²) in [6.45, 7) is 5.03. The van der Waals surface area contributed by atoms with E-state index in [0.29, 0.717) is 6.61 Å². The molecular formula is C27H32N2O3. The minimum absolute atomic E-state index is 0.215. The zero-order chi connectivity index (χ0) is 22.3. The molecule has 3 aromatic rings. The maximum Gasteiger partial charge on any atom is 0.149 e. The van der Waals surface area contributed by atoms with Crippen LogP contribution in [0.2, 0.25) is 0 Å². The Balaban J connectivity index is 1.68. The van der Waals surface area contributed by atoms with Crippen LogP contribution in [0.1, 0.15) is 37.3 Å². The Labute approximate surface area is 190 Å². The number of aliphatic hydroxyl groups is 1. The maximum absolute atomic E-state index is 9.88. The number of hydrogen-bond donors (Lipinski definition) is 1. The average Bonchev–Trinajstić information content (AvgIpc) is 3.16. The van der Waals surface area contributed by atoms with Crippen molar-refractivity contribution < 1.29 is 14.6 Å². The second-order valence-corrected chi connectivity index (χ2v) is 8.33. The lowest BCUT2D eigenvalue weighted by molar-refractivity contribution is 0.0844. The van der Waals surface area contributed by atoms with Gasteiger partial charge in [0.15, 0.2) is 0 Å². The highest BCUT2D eigenvalue weighted by Gasteiger charge is 2.23. The molecule has 1 aliphatic heterocycles. The SMILES string of the molecule is CC#CCOc1ccc2c(c1)c(CN1CCCCC1CO)cn2Cc1cccc(OC)c1. The standard InChI is InChI=1S/C27H32N2O3/c1-3-4-14-32-25-11-12-27-26(16-25)22(18-28-13-6-5-9-23(28)20-30)19-29(27)17-21-8-7-10-24(15-21)31-2/h7-8,10-12,15-16,19,23,30H,5-6,9,13-14,17-18,20H2,1-2H3. The number of rotatable bonds is 8. The number of likely N-dealkylation sites (tertiary alicyclic amines) is 1. The van der Waals surface area contributed by atoms with Gasteiger partial charge in [-0.05, 0) is 67.8 Å². The number of aliphatic hydroxyl groups excluding tert-OH is 1. The van der Waals surface area contributed by atoms with E-state index >= 15 is 0 Å². The van der Waals surface area contributed by atoms with Crippen LogP contribution in [0.4, 0.5) is 0 Å². The Morgan fingerprint density at radius 2 is 2.00 bits per heavy atom. The van der Waals surface area contributed by atoms with Gasteiger partial charge in [-0.1, -0.05) is 24.5 Å². The van der Waals surface area contributed by atoms with Crippen LogP contribution >= 0.6 is 0 Å². The highest BCUT2D eigenvalue weighted by molar-refractivity contribution is 5.85. The first-order valence-corrected chi connectivity index (χ1v) is 11.3. The van der Waals surface area contributed by atoms with Crippen LogP contribution in [0.5, 0.6) is 11.5 Å². The van der Waals surface area contributed by atoms with Crippen molar-refractivity contribution in [1.29, 1.82) is 0 Å². The number of benzene rings is 2. The summed E-state index contributed by atoms with van der Waals surface area (Å²) in [7, 11) is 1.70. The lowest BCUT2D eigenvalue weighted by atomic mass is 10.0. The van der Waals surface area contributed by atoms with Gasteiger partial charge in [0.25, 0.3) is 0 Å². The molecule has 0 amide bonds. The number of hydrogen-bond acceptors (Lipinski definition) is 4. The van der Waals surface area contributed by atoms with Crippen LogP contribution in [0.3, 0.4) is 0 Å². The summed E-state index contributed by atoms with van der Waals surface area (Å²) in [5.74, 6) is 7.53. The van der Waals surface area contributed by atoms with Gasteiger partial charge in [-0.15, -0.1) is 5.92 Å². The Kier molecular flexibility index (Phi) is 7.36. The highest BCUT2D eigenvalue weighted by Crippen LogP contribution is 2.30. The Morgan fingerprint density at radius 3 is 2.81 bits per heavy atom. The van der Waals surface area contributed by atoms with Crippen molar-refractivity contribution in [3.8, 4) is 23.3 Å². The van der Waals surface area contributed by atoms with Gasteiger partial charge >= 0.3 is 0 Å². The van der Waals surface area contributed by atoms with Crippen molar-refractivity contribution in [2.24, 2.45) is 0 Å². The van der Waals surface area contributed by atoms with Gasteiger partial charge < -0.3 is 19.1 Å². The van der Waals surface area contributed by atoms with Gasteiger partial charge in [-0.25, -0.2) is 0 Å². The van der Waals surface area contributed by atoms with E-state index in [9.17, 15) is 5.11 Å². The van der Waals surface area contributed by atoms with E-state index in [0.717, 1.165) is 37.6 Å². The second-order valence-electron chi connectivity index (χ2n) is 8.33. The Morgan fingerprint density at radius 1 is 1.09 bits per heavy atom. The lowest BCUT2D eigenvalue weighted by Gasteiger charge is -2.34. The molecule has 5 heteroatoms. The fourth-order valence-corrected chi connectivity index (χ4v) is 4.55. The second kappa shape index (κ2) is 10.6. The molecule has 32 heavy (non-hydrogen) atoms. The maximum atomic E-state index is 9.88. The lowest BCUT2D eigenvalue weighted by Crippen LogP contribution is -2.41. The zero-order valence-electron chi connectivity index (χ0n) is 19.0. The van der Waals surface area contributed by atoms with Crippen LogP contribution < -0.4 is 9.47 Å². The van der Waals surface area contributed by atoms with Crippen molar-refractivity contribution >= 4 is 10.9 Å². The molecule has 1 unspecified atom stereocenters. The third-order valence-corrected chi connectivity index (χ3v) is 6.24. The van der Waals surface area contributed by atoms with Crippen LogP contribution in [0, 0.1) is 11.8 Å². The molecule has 1 saturated heterocycles. The molecule has 1 aliphatic rings. The van der Waals surface area contributed by atoms with Crippen molar-refractivity contribution in [2.45, 2.75) is 45.3 Å². The number of methoxy groups -OCH3 is 1. The van der Waals surface area contributed by atoms with E-state index in [-0.39, 0.29) is 12.6 Å². The summed E-state index contributed by atoms with van der Waals surface area (Å²) in [4.78, 5) is 2.42. The number of nitrogens with zero attached hydrogens (tertiary/aromatic N) is 2. The predicted molar refractivity (Wildman–Crippen MR) is 128 cm³/mol. The fraction of sp³-hybridized carbons (Fsp3) is 0.407. The van der Waals surface area contributed by atoms with Crippen LogP contribution in [0.25, 0.3) is 10.9 Å². The van der Waals surface area contributed by atoms with Crippen molar-refractivity contribution in [3.05, 3.63) is 59.8 Å². The molecule has 1 atom stereocenters. The molecule has 5 nitrogen and oxygen atoms in total. The van der Waals surface area contributed by atoms with Crippen LogP contribution in [0.15, 0.2) is 48.7 Å². The summed E-state index contributed by atoms with van der Waals surface area (Å²) in [5, 5.41) is 11.1. The molecule has 0 spiro atoms. The van der Waals surface area contributed by atoms with Crippen molar-refractivity contribution in [1.82, 2.24) is 9.47 Å². The van der Waals surface area contributed by atoms with E-state index in [1.807, 2.05) is 25.1 Å². The third kappa shape index (κ3) is 5.09. The normalized spacial score (nSPS) is 16.5. The molecule has 2 heterocycles. The molecule has 0 saturated carbocycles. The predicted octanol–water partition coefficient (Wildman–Crippen LogP) is 4.45. The number of ether oxygens (including phenoxy) is 2. The monoisotopic (exact) mass is 432 g/mol. The summed E-state index contributed by atoms with van der Waals surface area (Å²) in [5.41, 5.74) is 3.63. The largest absolute Gasteiger partial charge is 0.497 e. The molecular weight excluding hydrogens is 400 g/mol. The molecule has 0 aliphatic carbocycles. The number of fused-ring (bicyclic) bond motifs is 1. The molecule has 0 bridgehead atoms. The highest BCUT2D eigenvalue weighted by atomic mass is 16.5. The van der Waals surface area contributed by atoms with E-state index in [1.165, 1.54) is 34.9 Å². The molecule has 1 aromatic heterocycles. The van der Waals surface area contributed by atoms with Gasteiger partial charge in [-0.2, -0.15) is 0 Å². The number of piperidine rings is 1. The minimum atomic E-state index is 0.215. The Hall–Kier alpha value is -2.94. The van der Waals surface area contributed by atoms with Crippen molar-refractivity contribution in [2.75, 3.05) is 26.9 Å². The summed E-state index contributed by atoms with van der Waals surface area (Å²) in [6, 6.07) is 14.7. The molecule has 1 N–H and O–H groups in total. The average molecular weight is 433 g/mol. The van der Waals surface area contributed by atoms with Gasteiger partial charge in [0.2, 0.25) is 0 Å². The quantitative estimate of drug-likeness (QED) is 0.535. The molecule has 4 rings (SSSR count). The minimum Gasteiger partial charge on any atom is -0.497 e. The molecule has 1 fully saturated rings. The first-order valence-electron chi connectivity index (χ1n) is 11.3. The van der Waals surface area contributed by atoms with Gasteiger partial charge in [0, 0.05) is 36.2 Å². The van der Waals surface area contributed by atoms with Gasteiger partial charge in [-0.3, -0.25) is 4.90 Å². The first-order chi connectivity index (χ1) is 15.7. The van der Waals surface area contributed by atoms with Crippen LogP contribution in [-0.4, -0.2) is 47.5 Å². The van der Waals surface area contributed by atoms with E-state index in [1.54, 1.807) is 7.11 Å². The Bertz CT molecular complexity index is 1110. The first kappa shape index (κ1) is 22.3. The van der Waals surface area contributed by atoms with Crippen LogP contribution in [-0.2, 0) is 13.1 Å². The van der Waals surface area contributed by atoms with Crippen molar-refractivity contribution in [3.63, 3.8) is 0 Å². The smallest absolute Gasteiger partial charge is 0.149 e. The fourth-order valence-electron chi connectivity index (χ4n) is 4.55. The zero-order valence-corrected chi connectivity index (χ0v) is 19.0. The van der Waals surface area contributed by atoms with Gasteiger partial charge in [0.1, 0.15) is 18.1 Å².